The van der Waals surface area contributed by atoms with E-state index < -0.39 is 0 Å². The number of rotatable bonds is 2. The monoisotopic (exact) mass is 337 g/mol. The first-order chi connectivity index (χ1) is 8.97. The summed E-state index contributed by atoms with van der Waals surface area (Å²) in [6.07, 6.45) is 0. The highest BCUT2D eigenvalue weighted by molar-refractivity contribution is 9.10. The zero-order chi connectivity index (χ0) is 14.0. The molecule has 0 aliphatic carbocycles. The lowest BCUT2D eigenvalue weighted by molar-refractivity contribution is 0.102. The van der Waals surface area contributed by atoms with Crippen LogP contribution in [0.3, 0.4) is 0 Å². The van der Waals surface area contributed by atoms with Gasteiger partial charge < -0.3 is 5.32 Å². The van der Waals surface area contributed by atoms with Crippen LogP contribution in [0.5, 0.6) is 0 Å². The van der Waals surface area contributed by atoms with Crippen LogP contribution in [-0.4, -0.2) is 5.91 Å². The second-order valence-electron chi connectivity index (χ2n) is 4.40. The molecular formula is C15H13BrClNO. The molecule has 0 atom stereocenters. The summed E-state index contributed by atoms with van der Waals surface area (Å²) in [6.45, 7) is 3.94. The number of nitrogens with one attached hydrogen (secondary N) is 1. The molecule has 2 aromatic carbocycles. The largest absolute Gasteiger partial charge is 0.322 e. The van der Waals surface area contributed by atoms with Crippen LogP contribution < -0.4 is 5.32 Å². The van der Waals surface area contributed by atoms with Crippen molar-refractivity contribution >= 4 is 39.1 Å². The van der Waals surface area contributed by atoms with Crippen molar-refractivity contribution in [2.24, 2.45) is 0 Å². The van der Waals surface area contributed by atoms with Gasteiger partial charge in [-0.05, 0) is 49.2 Å². The van der Waals surface area contributed by atoms with Gasteiger partial charge in [0.05, 0.1) is 10.6 Å². The van der Waals surface area contributed by atoms with E-state index in [0.717, 1.165) is 21.3 Å². The molecule has 0 radical (unpaired) electrons. The van der Waals surface area contributed by atoms with Gasteiger partial charge in [-0.1, -0.05) is 39.7 Å². The van der Waals surface area contributed by atoms with Crippen molar-refractivity contribution in [2.45, 2.75) is 13.8 Å². The molecule has 0 saturated carbocycles. The SMILES string of the molecule is Cc1ccc(C)c(NC(=O)c2cc(Br)ccc2Cl)c1. The van der Waals surface area contributed by atoms with Gasteiger partial charge in [0.25, 0.3) is 5.91 Å². The molecule has 2 nitrogen and oxygen atoms in total. The van der Waals surface area contributed by atoms with Gasteiger partial charge in [-0.2, -0.15) is 0 Å². The number of anilines is 1. The summed E-state index contributed by atoms with van der Waals surface area (Å²) in [5, 5.41) is 3.33. The molecule has 0 unspecified atom stereocenters. The number of aryl methyl sites for hydroxylation is 2. The Morgan fingerprint density at radius 1 is 1.16 bits per heavy atom. The van der Waals surface area contributed by atoms with Crippen molar-refractivity contribution in [1.29, 1.82) is 0 Å². The molecule has 4 heteroatoms. The van der Waals surface area contributed by atoms with E-state index in [0.29, 0.717) is 10.6 Å². The van der Waals surface area contributed by atoms with Crippen LogP contribution in [0, 0.1) is 13.8 Å². The third-order valence-electron chi connectivity index (χ3n) is 2.81. The van der Waals surface area contributed by atoms with Crippen molar-refractivity contribution in [1.82, 2.24) is 0 Å². The van der Waals surface area contributed by atoms with Crippen molar-refractivity contribution in [3.05, 3.63) is 62.6 Å². The predicted molar refractivity (Wildman–Crippen MR) is 83.0 cm³/mol. The summed E-state index contributed by atoms with van der Waals surface area (Å²) in [5.74, 6) is -0.208. The summed E-state index contributed by atoms with van der Waals surface area (Å²) in [5.41, 5.74) is 3.38. The molecule has 0 heterocycles. The topological polar surface area (TPSA) is 29.1 Å². The molecular weight excluding hydrogens is 326 g/mol. The fraction of sp³-hybridized carbons (Fsp3) is 0.133. The molecule has 98 valence electrons. The minimum Gasteiger partial charge on any atom is -0.322 e. The molecule has 2 rings (SSSR count). The van der Waals surface area contributed by atoms with Gasteiger partial charge in [-0.25, -0.2) is 0 Å². The molecule has 0 aliphatic rings. The van der Waals surface area contributed by atoms with Crippen molar-refractivity contribution in [2.75, 3.05) is 5.32 Å². The highest BCUT2D eigenvalue weighted by Crippen LogP contribution is 2.23. The summed E-state index contributed by atoms with van der Waals surface area (Å²) < 4.78 is 0.822. The number of amides is 1. The van der Waals surface area contributed by atoms with E-state index in [4.69, 9.17) is 11.6 Å². The van der Waals surface area contributed by atoms with Gasteiger partial charge in [0.1, 0.15) is 0 Å². The van der Waals surface area contributed by atoms with Crippen LogP contribution in [-0.2, 0) is 0 Å². The van der Waals surface area contributed by atoms with E-state index in [1.165, 1.54) is 0 Å². The Kier molecular flexibility index (Phi) is 4.27. The van der Waals surface area contributed by atoms with Crippen LogP contribution in [0.25, 0.3) is 0 Å². The van der Waals surface area contributed by atoms with Crippen molar-refractivity contribution < 1.29 is 4.79 Å². The van der Waals surface area contributed by atoms with Crippen LogP contribution in [0.2, 0.25) is 5.02 Å². The fourth-order valence-corrected chi connectivity index (χ4v) is 2.30. The van der Waals surface area contributed by atoms with Crippen LogP contribution >= 0.6 is 27.5 Å². The normalized spacial score (nSPS) is 10.3. The molecule has 0 bridgehead atoms. The molecule has 1 N–H and O–H groups in total. The van der Waals surface area contributed by atoms with Crippen LogP contribution in [0.1, 0.15) is 21.5 Å². The molecule has 0 aliphatic heterocycles. The van der Waals surface area contributed by atoms with Gasteiger partial charge in [0, 0.05) is 10.2 Å². The molecule has 0 spiro atoms. The Hall–Kier alpha value is -1.32. The van der Waals surface area contributed by atoms with E-state index >= 15 is 0 Å². The van der Waals surface area contributed by atoms with Gasteiger partial charge in [-0.15, -0.1) is 0 Å². The van der Waals surface area contributed by atoms with Crippen LogP contribution in [0.4, 0.5) is 5.69 Å². The summed E-state index contributed by atoms with van der Waals surface area (Å²) in [6, 6.07) is 11.1. The smallest absolute Gasteiger partial charge is 0.257 e. The lowest BCUT2D eigenvalue weighted by Gasteiger charge is -2.10. The first kappa shape index (κ1) is 14.1. The van der Waals surface area contributed by atoms with E-state index in [1.807, 2.05) is 32.0 Å². The zero-order valence-electron chi connectivity index (χ0n) is 10.6. The molecule has 2 aromatic rings. The Bertz CT molecular complexity index is 640. The standard InChI is InChI=1S/C15H13BrClNO/c1-9-3-4-10(2)14(7-9)18-15(19)12-8-11(16)5-6-13(12)17/h3-8H,1-2H3,(H,18,19). The summed E-state index contributed by atoms with van der Waals surface area (Å²) in [4.78, 5) is 12.2. The predicted octanol–water partition coefficient (Wildman–Crippen LogP) is 4.97. The van der Waals surface area contributed by atoms with Crippen molar-refractivity contribution in [3.63, 3.8) is 0 Å². The summed E-state index contributed by atoms with van der Waals surface area (Å²) in [7, 11) is 0. The Morgan fingerprint density at radius 2 is 1.89 bits per heavy atom. The van der Waals surface area contributed by atoms with E-state index in [9.17, 15) is 4.79 Å². The maximum atomic E-state index is 12.2. The van der Waals surface area contributed by atoms with Gasteiger partial charge in [0.2, 0.25) is 0 Å². The Morgan fingerprint density at radius 3 is 2.63 bits per heavy atom. The average molecular weight is 339 g/mol. The number of halogens is 2. The number of carbonyl (C=O) groups excluding carboxylic acids is 1. The first-order valence-electron chi connectivity index (χ1n) is 5.81. The second kappa shape index (κ2) is 5.76. The molecule has 0 saturated heterocycles. The molecule has 0 aromatic heterocycles. The van der Waals surface area contributed by atoms with Gasteiger partial charge >= 0.3 is 0 Å². The quantitative estimate of drug-likeness (QED) is 0.823. The lowest BCUT2D eigenvalue weighted by atomic mass is 10.1. The number of hydrogen-bond acceptors (Lipinski definition) is 1. The lowest BCUT2D eigenvalue weighted by Crippen LogP contribution is -2.13. The highest BCUT2D eigenvalue weighted by atomic mass is 79.9. The minimum absolute atomic E-state index is 0.208. The number of benzene rings is 2. The van der Waals surface area contributed by atoms with Gasteiger partial charge in [0.15, 0.2) is 0 Å². The Labute approximate surface area is 125 Å². The molecule has 19 heavy (non-hydrogen) atoms. The first-order valence-corrected chi connectivity index (χ1v) is 6.98. The number of hydrogen-bond donors (Lipinski definition) is 1. The van der Waals surface area contributed by atoms with E-state index in [1.54, 1.807) is 18.2 Å². The van der Waals surface area contributed by atoms with E-state index in [-0.39, 0.29) is 5.91 Å². The second-order valence-corrected chi connectivity index (χ2v) is 5.72. The number of carbonyl (C=O) groups is 1. The maximum Gasteiger partial charge on any atom is 0.257 e. The third-order valence-corrected chi connectivity index (χ3v) is 3.64. The fourth-order valence-electron chi connectivity index (χ4n) is 1.73. The highest BCUT2D eigenvalue weighted by Gasteiger charge is 2.12. The third kappa shape index (κ3) is 3.37. The summed E-state index contributed by atoms with van der Waals surface area (Å²) >= 11 is 9.38. The zero-order valence-corrected chi connectivity index (χ0v) is 13.0. The van der Waals surface area contributed by atoms with E-state index in [2.05, 4.69) is 21.2 Å². The molecule has 1 amide bonds. The minimum atomic E-state index is -0.208. The Balaban J connectivity index is 2.30. The van der Waals surface area contributed by atoms with Crippen LogP contribution in [0.15, 0.2) is 40.9 Å². The van der Waals surface area contributed by atoms with Gasteiger partial charge in [-0.3, -0.25) is 4.79 Å². The average Bonchev–Trinajstić information content (AvgIpc) is 2.36. The maximum absolute atomic E-state index is 12.2. The van der Waals surface area contributed by atoms with Crippen molar-refractivity contribution in [3.8, 4) is 0 Å². The molecule has 0 fully saturated rings.